The first kappa shape index (κ1) is 15.4. The number of H-pyrrole nitrogens is 1. The third kappa shape index (κ3) is 3.99. The fraction of sp³-hybridized carbons (Fsp3) is 0.154. The van der Waals surface area contributed by atoms with Crippen LogP contribution in [0.4, 0.5) is 5.69 Å². The topological polar surface area (TPSA) is 95.1 Å². The van der Waals surface area contributed by atoms with E-state index >= 15 is 0 Å². The van der Waals surface area contributed by atoms with Gasteiger partial charge in [-0.05, 0) is 24.5 Å². The third-order valence-corrected chi connectivity index (χ3v) is 3.31. The molecule has 1 heterocycles. The summed E-state index contributed by atoms with van der Waals surface area (Å²) in [5.41, 5.74) is -0.280. The summed E-state index contributed by atoms with van der Waals surface area (Å²) in [6, 6.07) is 5.36. The van der Waals surface area contributed by atoms with E-state index < -0.39 is 11.5 Å². The molecule has 1 aromatic heterocycles. The molecular formula is C13H12ClN3O3S. The minimum absolute atomic E-state index is 0.0258. The van der Waals surface area contributed by atoms with Crippen LogP contribution in [0.3, 0.4) is 0 Å². The number of aromatic nitrogens is 2. The maximum Gasteiger partial charge on any atom is 0.274 e. The molecule has 3 N–H and O–H groups in total. The van der Waals surface area contributed by atoms with E-state index in [9.17, 15) is 14.7 Å². The van der Waals surface area contributed by atoms with Crippen LogP contribution in [0.25, 0.3) is 0 Å². The molecule has 1 amide bonds. The Morgan fingerprint density at radius 2 is 2.24 bits per heavy atom. The Labute approximate surface area is 129 Å². The second-order valence-corrected chi connectivity index (χ2v) is 5.43. The van der Waals surface area contributed by atoms with Crippen molar-refractivity contribution >= 4 is 35.0 Å². The number of phenolic OH excluding ortho intramolecular Hbond substituents is 1. The smallest absolute Gasteiger partial charge is 0.274 e. The summed E-state index contributed by atoms with van der Waals surface area (Å²) in [6.45, 7) is 0. The van der Waals surface area contributed by atoms with Crippen molar-refractivity contribution in [3.63, 3.8) is 0 Å². The van der Waals surface area contributed by atoms with Crippen molar-refractivity contribution in [3.8, 4) is 5.75 Å². The van der Waals surface area contributed by atoms with Crippen LogP contribution in [0, 0.1) is 0 Å². The molecule has 0 spiro atoms. The normalized spacial score (nSPS) is 10.4. The van der Waals surface area contributed by atoms with Gasteiger partial charge in [0, 0.05) is 11.1 Å². The number of anilines is 1. The highest BCUT2D eigenvalue weighted by atomic mass is 35.5. The Hall–Kier alpha value is -1.99. The first-order valence-corrected chi connectivity index (χ1v) is 7.66. The van der Waals surface area contributed by atoms with E-state index in [1.54, 1.807) is 0 Å². The number of phenols is 1. The van der Waals surface area contributed by atoms with Crippen molar-refractivity contribution in [2.45, 2.75) is 5.75 Å². The monoisotopic (exact) mass is 325 g/mol. The minimum atomic E-state index is -0.596. The van der Waals surface area contributed by atoms with Gasteiger partial charge in [-0.1, -0.05) is 11.6 Å². The highest BCUT2D eigenvalue weighted by Gasteiger charge is 2.13. The Morgan fingerprint density at radius 1 is 1.48 bits per heavy atom. The van der Waals surface area contributed by atoms with Gasteiger partial charge < -0.3 is 15.4 Å². The van der Waals surface area contributed by atoms with Crippen LogP contribution in [0.2, 0.25) is 5.02 Å². The molecule has 0 aliphatic carbocycles. The van der Waals surface area contributed by atoms with Crippen molar-refractivity contribution in [2.75, 3.05) is 11.6 Å². The average Bonchev–Trinajstić information content (AvgIpc) is 2.42. The van der Waals surface area contributed by atoms with Gasteiger partial charge in [-0.3, -0.25) is 9.59 Å². The molecule has 6 nitrogen and oxygen atoms in total. The molecule has 0 aliphatic rings. The van der Waals surface area contributed by atoms with E-state index in [2.05, 4.69) is 15.3 Å². The van der Waals surface area contributed by atoms with Crippen LogP contribution in [-0.2, 0) is 5.75 Å². The number of nitrogens with one attached hydrogen (secondary N) is 2. The molecule has 0 saturated heterocycles. The Balaban J connectivity index is 2.28. The number of rotatable bonds is 4. The van der Waals surface area contributed by atoms with Crippen LogP contribution in [0.15, 0.2) is 29.1 Å². The summed E-state index contributed by atoms with van der Waals surface area (Å²) in [4.78, 5) is 30.2. The van der Waals surface area contributed by atoms with Crippen LogP contribution < -0.4 is 10.9 Å². The van der Waals surface area contributed by atoms with Crippen molar-refractivity contribution < 1.29 is 9.90 Å². The first-order valence-electron chi connectivity index (χ1n) is 5.88. The predicted molar refractivity (Wildman–Crippen MR) is 83.1 cm³/mol. The summed E-state index contributed by atoms with van der Waals surface area (Å²) in [7, 11) is 0. The number of aromatic amines is 1. The number of nitrogens with zero attached hydrogens (tertiary/aromatic N) is 1. The number of benzene rings is 1. The van der Waals surface area contributed by atoms with Crippen molar-refractivity contribution in [3.05, 3.63) is 51.2 Å². The van der Waals surface area contributed by atoms with E-state index in [-0.39, 0.29) is 17.1 Å². The molecule has 2 aromatic rings. The molecule has 0 unspecified atom stereocenters. The minimum Gasteiger partial charge on any atom is -0.506 e. The van der Waals surface area contributed by atoms with Gasteiger partial charge in [0.05, 0.1) is 11.4 Å². The summed E-state index contributed by atoms with van der Waals surface area (Å²) in [5, 5.41) is 12.5. The highest BCUT2D eigenvalue weighted by Crippen LogP contribution is 2.26. The molecule has 0 bridgehead atoms. The van der Waals surface area contributed by atoms with E-state index in [0.29, 0.717) is 16.6 Å². The molecule has 0 aliphatic heterocycles. The lowest BCUT2D eigenvalue weighted by atomic mass is 10.2. The molecule has 2 rings (SSSR count). The fourth-order valence-electron chi connectivity index (χ4n) is 1.62. The average molecular weight is 326 g/mol. The van der Waals surface area contributed by atoms with E-state index in [0.717, 1.165) is 6.07 Å². The molecule has 21 heavy (non-hydrogen) atoms. The van der Waals surface area contributed by atoms with Gasteiger partial charge in [0.1, 0.15) is 17.3 Å². The van der Waals surface area contributed by atoms with Crippen molar-refractivity contribution in [1.29, 1.82) is 0 Å². The van der Waals surface area contributed by atoms with Crippen molar-refractivity contribution in [1.82, 2.24) is 9.97 Å². The zero-order chi connectivity index (χ0) is 15.4. The summed E-state index contributed by atoms with van der Waals surface area (Å²) < 4.78 is 0. The number of aromatic hydroxyl groups is 1. The molecule has 110 valence electrons. The van der Waals surface area contributed by atoms with Gasteiger partial charge in [0.2, 0.25) is 0 Å². The largest absolute Gasteiger partial charge is 0.506 e. The number of amides is 1. The van der Waals surface area contributed by atoms with Gasteiger partial charge in [0.25, 0.3) is 11.5 Å². The molecule has 1 aromatic carbocycles. The van der Waals surface area contributed by atoms with E-state index in [1.807, 2.05) is 6.26 Å². The highest BCUT2D eigenvalue weighted by molar-refractivity contribution is 7.97. The van der Waals surface area contributed by atoms with E-state index in [4.69, 9.17) is 11.6 Å². The molecular weight excluding hydrogens is 314 g/mol. The van der Waals surface area contributed by atoms with Gasteiger partial charge in [0.15, 0.2) is 0 Å². The summed E-state index contributed by atoms with van der Waals surface area (Å²) in [6.07, 6.45) is 1.86. The van der Waals surface area contributed by atoms with Gasteiger partial charge in [-0.15, -0.1) is 0 Å². The zero-order valence-electron chi connectivity index (χ0n) is 11.0. The van der Waals surface area contributed by atoms with E-state index in [1.165, 1.54) is 30.0 Å². The number of carbonyl (C=O) groups excluding carboxylic acids is 1. The lowest BCUT2D eigenvalue weighted by Gasteiger charge is -2.08. The maximum atomic E-state index is 12.1. The Bertz CT molecular complexity index is 733. The Kier molecular flexibility index (Phi) is 4.87. The number of hydrogen-bond donors (Lipinski definition) is 3. The summed E-state index contributed by atoms with van der Waals surface area (Å²) >= 11 is 7.27. The van der Waals surface area contributed by atoms with Crippen LogP contribution in [0.1, 0.15) is 16.3 Å². The molecule has 0 atom stereocenters. The second kappa shape index (κ2) is 6.64. The lowest BCUT2D eigenvalue weighted by molar-refractivity contribution is 0.102. The number of halogens is 1. The third-order valence-electron chi connectivity index (χ3n) is 2.51. The lowest BCUT2D eigenvalue weighted by Crippen LogP contribution is -2.20. The standard InChI is InChI=1S/C13H12ClN3O3S/c1-21-6-11-15-9(5-12(19)17-11)13(20)16-8-4-7(14)2-3-10(8)18/h2-5,18H,6H2,1H3,(H,16,20)(H,15,17,19). The van der Waals surface area contributed by atoms with Gasteiger partial charge in [-0.25, -0.2) is 4.98 Å². The Morgan fingerprint density at radius 3 is 2.95 bits per heavy atom. The fourth-order valence-corrected chi connectivity index (χ4v) is 2.21. The molecule has 0 fully saturated rings. The number of hydrogen-bond acceptors (Lipinski definition) is 5. The maximum absolute atomic E-state index is 12.1. The summed E-state index contributed by atoms with van der Waals surface area (Å²) in [5.74, 6) is 0.178. The SMILES string of the molecule is CSCc1nc(C(=O)Nc2cc(Cl)ccc2O)cc(=O)[nH]1. The first-order chi connectivity index (χ1) is 9.99. The molecule has 0 radical (unpaired) electrons. The van der Waals surface area contributed by atoms with Crippen LogP contribution in [0.5, 0.6) is 5.75 Å². The van der Waals surface area contributed by atoms with Gasteiger partial charge >= 0.3 is 0 Å². The van der Waals surface area contributed by atoms with Gasteiger partial charge in [-0.2, -0.15) is 11.8 Å². The predicted octanol–water partition coefficient (Wildman–Crippen LogP) is 2.24. The van der Waals surface area contributed by atoms with Crippen molar-refractivity contribution in [2.24, 2.45) is 0 Å². The second-order valence-electron chi connectivity index (χ2n) is 4.13. The quantitative estimate of drug-likeness (QED) is 0.749. The molecule has 8 heteroatoms. The zero-order valence-corrected chi connectivity index (χ0v) is 12.6. The van der Waals surface area contributed by atoms with Crippen LogP contribution in [-0.4, -0.2) is 27.2 Å². The molecule has 0 saturated carbocycles. The number of carbonyl (C=O) groups is 1. The number of thioether (sulfide) groups is 1. The van der Waals surface area contributed by atoms with Crippen LogP contribution >= 0.6 is 23.4 Å².